The number of nitrogens with zero attached hydrogens (tertiary/aromatic N) is 1. The molecule has 31 heavy (non-hydrogen) atoms. The molecule has 1 aromatic heterocycles. The first kappa shape index (κ1) is 22.4. The van der Waals surface area contributed by atoms with Gasteiger partial charge in [-0.25, -0.2) is 0 Å². The van der Waals surface area contributed by atoms with Crippen LogP contribution in [0.1, 0.15) is 47.1 Å². The van der Waals surface area contributed by atoms with Crippen LogP contribution in [-0.2, 0) is 4.79 Å². The number of amides is 3. The van der Waals surface area contributed by atoms with E-state index in [0.29, 0.717) is 49.5 Å². The second-order valence-electron chi connectivity index (χ2n) is 7.58. The number of hydrogen-bond acceptors (Lipinski definition) is 5. The zero-order valence-corrected chi connectivity index (χ0v) is 17.9. The van der Waals surface area contributed by atoms with E-state index in [4.69, 9.17) is 9.15 Å². The topological polar surface area (TPSA) is 101 Å². The molecule has 1 atom stereocenters. The molecule has 0 radical (unpaired) electrons. The molecule has 0 unspecified atom stereocenters. The van der Waals surface area contributed by atoms with Crippen molar-refractivity contribution in [2.45, 2.75) is 32.2 Å². The number of carbonyl (C=O) groups excluding carboxylic acids is 3. The van der Waals surface area contributed by atoms with Gasteiger partial charge in [-0.2, -0.15) is 0 Å². The number of piperidine rings is 1. The van der Waals surface area contributed by atoms with Gasteiger partial charge in [0.2, 0.25) is 5.91 Å². The molecule has 8 nitrogen and oxygen atoms in total. The van der Waals surface area contributed by atoms with Gasteiger partial charge >= 0.3 is 0 Å². The molecular weight excluding hydrogens is 398 g/mol. The molecular formula is C23H29N3O5. The molecule has 0 aliphatic carbocycles. The molecule has 0 bridgehead atoms. The van der Waals surface area contributed by atoms with Gasteiger partial charge in [0.15, 0.2) is 5.76 Å². The van der Waals surface area contributed by atoms with Crippen molar-refractivity contribution < 1.29 is 23.5 Å². The second-order valence-corrected chi connectivity index (χ2v) is 7.58. The van der Waals surface area contributed by atoms with E-state index < -0.39 is 6.04 Å². The Kier molecular flexibility index (Phi) is 7.70. The number of nitrogens with one attached hydrogen (secondary N) is 2. The van der Waals surface area contributed by atoms with Gasteiger partial charge < -0.3 is 24.7 Å². The number of benzene rings is 1. The third kappa shape index (κ3) is 5.65. The molecule has 1 aliphatic heterocycles. The van der Waals surface area contributed by atoms with Crippen LogP contribution in [0.5, 0.6) is 5.75 Å². The van der Waals surface area contributed by atoms with E-state index in [1.54, 1.807) is 41.3 Å². The van der Waals surface area contributed by atoms with Crippen LogP contribution >= 0.6 is 0 Å². The Morgan fingerprint density at radius 3 is 2.61 bits per heavy atom. The predicted molar refractivity (Wildman–Crippen MR) is 115 cm³/mol. The summed E-state index contributed by atoms with van der Waals surface area (Å²) in [5.74, 6) is 0.118. The van der Waals surface area contributed by atoms with E-state index in [-0.39, 0.29) is 23.6 Å². The predicted octanol–water partition coefficient (Wildman–Crippen LogP) is 2.47. The van der Waals surface area contributed by atoms with E-state index in [0.717, 1.165) is 6.42 Å². The van der Waals surface area contributed by atoms with Gasteiger partial charge in [-0.15, -0.1) is 0 Å². The maximum absolute atomic E-state index is 12.8. The molecule has 0 saturated carbocycles. The van der Waals surface area contributed by atoms with Crippen LogP contribution in [-0.4, -0.2) is 55.4 Å². The molecule has 2 aromatic rings. The standard InChI is InChI=1S/C23H29N3O5/c1-3-11-24-22(28)20(25-21(27)17-6-4-7-18(15-17)30-2)16-9-12-26(13-10-16)23(29)19-8-5-14-31-19/h4-8,14-16,20H,3,9-13H2,1-2H3,(H,24,28)(H,25,27)/t20-/m1/s1. The first-order valence-electron chi connectivity index (χ1n) is 10.6. The molecule has 3 rings (SSSR count). The maximum Gasteiger partial charge on any atom is 0.289 e. The highest BCUT2D eigenvalue weighted by Gasteiger charge is 2.34. The fourth-order valence-corrected chi connectivity index (χ4v) is 3.74. The first-order chi connectivity index (χ1) is 15.0. The van der Waals surface area contributed by atoms with Crippen molar-refractivity contribution in [2.24, 2.45) is 5.92 Å². The number of ether oxygens (including phenoxy) is 1. The Balaban J connectivity index is 1.68. The lowest BCUT2D eigenvalue weighted by molar-refractivity contribution is -0.124. The highest BCUT2D eigenvalue weighted by atomic mass is 16.5. The summed E-state index contributed by atoms with van der Waals surface area (Å²) in [5.41, 5.74) is 0.429. The quantitative estimate of drug-likeness (QED) is 0.674. The molecule has 166 valence electrons. The highest BCUT2D eigenvalue weighted by molar-refractivity contribution is 5.98. The van der Waals surface area contributed by atoms with Crippen molar-refractivity contribution in [2.75, 3.05) is 26.7 Å². The zero-order chi connectivity index (χ0) is 22.2. The van der Waals surface area contributed by atoms with Crippen LogP contribution < -0.4 is 15.4 Å². The fourth-order valence-electron chi connectivity index (χ4n) is 3.74. The van der Waals surface area contributed by atoms with Crippen LogP contribution in [0.25, 0.3) is 0 Å². The minimum absolute atomic E-state index is 0.0768. The average Bonchev–Trinajstić information content (AvgIpc) is 3.35. The van der Waals surface area contributed by atoms with Crippen LogP contribution in [0.3, 0.4) is 0 Å². The van der Waals surface area contributed by atoms with E-state index in [1.807, 2.05) is 6.92 Å². The van der Waals surface area contributed by atoms with Crippen LogP contribution in [0.2, 0.25) is 0 Å². The third-order valence-electron chi connectivity index (χ3n) is 5.48. The number of methoxy groups -OCH3 is 1. The maximum atomic E-state index is 12.8. The fraction of sp³-hybridized carbons (Fsp3) is 0.435. The minimum atomic E-state index is -0.675. The Morgan fingerprint density at radius 1 is 1.19 bits per heavy atom. The number of furan rings is 1. The van der Waals surface area contributed by atoms with Gasteiger partial charge in [-0.3, -0.25) is 14.4 Å². The lowest BCUT2D eigenvalue weighted by Gasteiger charge is -2.35. The minimum Gasteiger partial charge on any atom is -0.497 e. The van der Waals surface area contributed by atoms with Crippen molar-refractivity contribution >= 4 is 17.7 Å². The van der Waals surface area contributed by atoms with Gasteiger partial charge in [0, 0.05) is 25.2 Å². The van der Waals surface area contributed by atoms with Crippen molar-refractivity contribution in [1.29, 1.82) is 0 Å². The summed E-state index contributed by atoms with van der Waals surface area (Å²) < 4.78 is 10.4. The highest BCUT2D eigenvalue weighted by Crippen LogP contribution is 2.23. The van der Waals surface area contributed by atoms with E-state index >= 15 is 0 Å². The molecule has 2 heterocycles. The largest absolute Gasteiger partial charge is 0.497 e. The Labute approximate surface area is 181 Å². The summed E-state index contributed by atoms with van der Waals surface area (Å²) in [4.78, 5) is 39.9. The first-order valence-corrected chi connectivity index (χ1v) is 10.6. The summed E-state index contributed by atoms with van der Waals surface area (Å²) >= 11 is 0. The average molecular weight is 428 g/mol. The van der Waals surface area contributed by atoms with Gasteiger partial charge in [0.25, 0.3) is 11.8 Å². The third-order valence-corrected chi connectivity index (χ3v) is 5.48. The SMILES string of the molecule is CCCNC(=O)[C@H](NC(=O)c1cccc(OC)c1)C1CCN(C(=O)c2ccco2)CC1. The normalized spacial score (nSPS) is 15.2. The molecule has 1 aromatic carbocycles. The Hall–Kier alpha value is -3.29. The smallest absolute Gasteiger partial charge is 0.289 e. The van der Waals surface area contributed by atoms with Crippen LogP contribution in [0.4, 0.5) is 0 Å². The summed E-state index contributed by atoms with van der Waals surface area (Å²) in [6.45, 7) is 3.51. The second kappa shape index (κ2) is 10.7. The number of hydrogen-bond donors (Lipinski definition) is 2. The Morgan fingerprint density at radius 2 is 1.97 bits per heavy atom. The number of rotatable bonds is 8. The molecule has 1 fully saturated rings. The summed E-state index contributed by atoms with van der Waals surface area (Å²) in [5, 5.41) is 5.80. The zero-order valence-electron chi connectivity index (χ0n) is 17.9. The molecule has 8 heteroatoms. The van der Waals surface area contributed by atoms with Gasteiger partial charge in [0.1, 0.15) is 11.8 Å². The molecule has 0 spiro atoms. The van der Waals surface area contributed by atoms with Crippen molar-refractivity contribution in [3.8, 4) is 5.75 Å². The van der Waals surface area contributed by atoms with Crippen molar-refractivity contribution in [3.63, 3.8) is 0 Å². The lowest BCUT2D eigenvalue weighted by atomic mass is 9.88. The van der Waals surface area contributed by atoms with Gasteiger partial charge in [-0.05, 0) is 55.5 Å². The van der Waals surface area contributed by atoms with E-state index in [1.165, 1.54) is 13.4 Å². The monoisotopic (exact) mass is 427 g/mol. The summed E-state index contributed by atoms with van der Waals surface area (Å²) in [7, 11) is 1.54. The van der Waals surface area contributed by atoms with Crippen LogP contribution in [0, 0.1) is 5.92 Å². The van der Waals surface area contributed by atoms with Crippen molar-refractivity contribution in [3.05, 3.63) is 54.0 Å². The van der Waals surface area contributed by atoms with Gasteiger partial charge in [0.05, 0.1) is 13.4 Å². The van der Waals surface area contributed by atoms with E-state index in [2.05, 4.69) is 10.6 Å². The van der Waals surface area contributed by atoms with Gasteiger partial charge in [-0.1, -0.05) is 13.0 Å². The van der Waals surface area contributed by atoms with Crippen molar-refractivity contribution in [1.82, 2.24) is 15.5 Å². The number of carbonyl (C=O) groups is 3. The lowest BCUT2D eigenvalue weighted by Crippen LogP contribution is -2.54. The summed E-state index contributed by atoms with van der Waals surface area (Å²) in [6.07, 6.45) is 3.49. The van der Waals surface area contributed by atoms with E-state index in [9.17, 15) is 14.4 Å². The van der Waals surface area contributed by atoms with Crippen LogP contribution in [0.15, 0.2) is 47.1 Å². The molecule has 2 N–H and O–H groups in total. The molecule has 1 saturated heterocycles. The number of likely N-dealkylation sites (tertiary alicyclic amines) is 1. The molecule has 3 amide bonds. The Bertz CT molecular complexity index is 888. The summed E-state index contributed by atoms with van der Waals surface area (Å²) in [6, 6.07) is 9.47. The molecule has 1 aliphatic rings.